The second-order valence-corrected chi connectivity index (χ2v) is 5.66. The zero-order valence-corrected chi connectivity index (χ0v) is 11.1. The van der Waals surface area contributed by atoms with E-state index in [0.717, 1.165) is 6.54 Å². The first kappa shape index (κ1) is 14.0. The van der Waals surface area contributed by atoms with E-state index in [1.165, 1.54) is 18.7 Å². The average molecular weight is 258 g/mol. The number of nitrogens with one attached hydrogen (secondary N) is 2. The maximum atomic E-state index is 11.4. The van der Waals surface area contributed by atoms with E-state index in [1.54, 1.807) is 6.07 Å². The van der Waals surface area contributed by atoms with Gasteiger partial charge in [0.2, 0.25) is 5.09 Å². The van der Waals surface area contributed by atoms with Crippen molar-refractivity contribution in [2.45, 2.75) is 25.5 Å². The Hall–Kier alpha value is -1.11. The molecule has 0 unspecified atom stereocenters. The van der Waals surface area contributed by atoms with Crippen LogP contribution in [0.3, 0.4) is 0 Å². The summed E-state index contributed by atoms with van der Waals surface area (Å²) in [7, 11) is -2.13. The number of sulfonamides is 1. The first-order valence-electron chi connectivity index (χ1n) is 5.32. The third-order valence-corrected chi connectivity index (χ3v) is 3.41. The third kappa shape index (κ3) is 4.33. The smallest absolute Gasteiger partial charge is 0.273 e. The highest BCUT2D eigenvalue weighted by molar-refractivity contribution is 7.89. The largest absolute Gasteiger partial charge is 0.447 e. The van der Waals surface area contributed by atoms with Gasteiger partial charge in [0.15, 0.2) is 0 Å². The van der Waals surface area contributed by atoms with E-state index in [-0.39, 0.29) is 5.09 Å². The molecule has 0 aromatic carbocycles. The monoisotopic (exact) mass is 258 g/mol. The molecular formula is C11H18N2O3S. The molecule has 0 spiro atoms. The Labute approximate surface area is 102 Å². The van der Waals surface area contributed by atoms with Crippen LogP contribution in [0, 0.1) is 0 Å². The topological polar surface area (TPSA) is 71.3 Å². The van der Waals surface area contributed by atoms with Crippen molar-refractivity contribution in [2.75, 3.05) is 13.6 Å². The fraction of sp³-hybridized carbons (Fsp3) is 0.455. The Morgan fingerprint density at radius 1 is 1.41 bits per heavy atom. The first-order chi connectivity index (χ1) is 7.95. The SMILES string of the molecule is CNS(=O)(=O)c1ccc(CNCC=C(C)C)o1. The summed E-state index contributed by atoms with van der Waals surface area (Å²) in [5, 5.41) is 3.07. The van der Waals surface area contributed by atoms with Crippen LogP contribution in [0.4, 0.5) is 0 Å². The van der Waals surface area contributed by atoms with Crippen LogP contribution in [0.1, 0.15) is 19.6 Å². The third-order valence-electron chi connectivity index (χ3n) is 2.12. The molecular weight excluding hydrogens is 240 g/mol. The van der Waals surface area contributed by atoms with Crippen molar-refractivity contribution in [3.63, 3.8) is 0 Å². The van der Waals surface area contributed by atoms with E-state index in [2.05, 4.69) is 10.0 Å². The maximum absolute atomic E-state index is 11.4. The van der Waals surface area contributed by atoms with E-state index in [0.29, 0.717) is 12.3 Å². The molecule has 5 nitrogen and oxygen atoms in total. The van der Waals surface area contributed by atoms with Crippen LogP contribution in [0.2, 0.25) is 0 Å². The number of hydrogen-bond donors (Lipinski definition) is 2. The summed E-state index contributed by atoms with van der Waals surface area (Å²) >= 11 is 0. The molecule has 0 aliphatic carbocycles. The van der Waals surface area contributed by atoms with Gasteiger partial charge in [-0.3, -0.25) is 0 Å². The van der Waals surface area contributed by atoms with Crippen LogP contribution in [0.5, 0.6) is 0 Å². The molecule has 2 N–H and O–H groups in total. The van der Waals surface area contributed by atoms with E-state index in [1.807, 2.05) is 19.9 Å². The second kappa shape index (κ2) is 6.00. The summed E-state index contributed by atoms with van der Waals surface area (Å²) in [6.45, 7) is 5.28. The fourth-order valence-corrected chi connectivity index (χ4v) is 1.84. The van der Waals surface area contributed by atoms with Crippen molar-refractivity contribution < 1.29 is 12.8 Å². The Balaban J connectivity index is 2.55. The van der Waals surface area contributed by atoms with Crippen LogP contribution < -0.4 is 10.0 Å². The molecule has 17 heavy (non-hydrogen) atoms. The lowest BCUT2D eigenvalue weighted by atomic mass is 10.3. The molecule has 0 atom stereocenters. The molecule has 0 fully saturated rings. The number of rotatable bonds is 6. The number of allylic oxidation sites excluding steroid dienone is 1. The van der Waals surface area contributed by atoms with E-state index in [9.17, 15) is 8.42 Å². The summed E-state index contributed by atoms with van der Waals surface area (Å²) in [6, 6.07) is 3.10. The molecule has 1 heterocycles. The Kier molecular flexibility index (Phi) is 4.92. The Morgan fingerprint density at radius 3 is 2.71 bits per heavy atom. The molecule has 0 bridgehead atoms. The molecule has 0 radical (unpaired) electrons. The van der Waals surface area contributed by atoms with Crippen LogP contribution in [-0.4, -0.2) is 22.0 Å². The molecule has 1 aromatic rings. The number of hydrogen-bond acceptors (Lipinski definition) is 4. The molecule has 0 aliphatic rings. The molecule has 1 rings (SSSR count). The average Bonchev–Trinajstić information content (AvgIpc) is 2.73. The zero-order chi connectivity index (χ0) is 12.9. The summed E-state index contributed by atoms with van der Waals surface area (Å²) in [4.78, 5) is 0. The predicted octanol–water partition coefficient (Wildman–Crippen LogP) is 1.24. The van der Waals surface area contributed by atoms with Crippen LogP contribution >= 0.6 is 0 Å². The van der Waals surface area contributed by atoms with Gasteiger partial charge in [-0.25, -0.2) is 13.1 Å². The molecule has 96 valence electrons. The van der Waals surface area contributed by atoms with Gasteiger partial charge >= 0.3 is 0 Å². The highest BCUT2D eigenvalue weighted by Gasteiger charge is 2.15. The van der Waals surface area contributed by atoms with Gasteiger partial charge in [-0.1, -0.05) is 11.6 Å². The van der Waals surface area contributed by atoms with Gasteiger partial charge < -0.3 is 9.73 Å². The lowest BCUT2D eigenvalue weighted by Gasteiger charge is -1.99. The molecule has 0 saturated carbocycles. The molecule has 6 heteroatoms. The normalized spacial score (nSPS) is 11.5. The van der Waals surface area contributed by atoms with Crippen molar-refractivity contribution >= 4 is 10.0 Å². The predicted molar refractivity (Wildman–Crippen MR) is 66.1 cm³/mol. The Morgan fingerprint density at radius 2 is 2.12 bits per heavy atom. The van der Waals surface area contributed by atoms with Crippen molar-refractivity contribution in [3.8, 4) is 0 Å². The van der Waals surface area contributed by atoms with Crippen molar-refractivity contribution in [1.29, 1.82) is 0 Å². The van der Waals surface area contributed by atoms with Gasteiger partial charge in [-0.05, 0) is 33.0 Å². The van der Waals surface area contributed by atoms with Crippen LogP contribution in [0.15, 0.2) is 33.3 Å². The van der Waals surface area contributed by atoms with Crippen LogP contribution in [0.25, 0.3) is 0 Å². The van der Waals surface area contributed by atoms with Crippen molar-refractivity contribution in [1.82, 2.24) is 10.0 Å². The number of furan rings is 1. The maximum Gasteiger partial charge on any atom is 0.273 e. The minimum absolute atomic E-state index is 0.0565. The van der Waals surface area contributed by atoms with E-state index < -0.39 is 10.0 Å². The molecule has 0 amide bonds. The molecule has 1 aromatic heterocycles. The van der Waals surface area contributed by atoms with Gasteiger partial charge in [0, 0.05) is 6.54 Å². The highest BCUT2D eigenvalue weighted by Crippen LogP contribution is 2.12. The Bertz CT molecular complexity index is 485. The van der Waals surface area contributed by atoms with Gasteiger partial charge in [0.05, 0.1) is 6.54 Å². The highest BCUT2D eigenvalue weighted by atomic mass is 32.2. The van der Waals surface area contributed by atoms with Gasteiger partial charge in [-0.15, -0.1) is 0 Å². The van der Waals surface area contributed by atoms with Crippen molar-refractivity contribution in [3.05, 3.63) is 29.5 Å². The summed E-state index contributed by atoms with van der Waals surface area (Å²) < 4.78 is 30.2. The summed E-state index contributed by atoms with van der Waals surface area (Å²) in [5.41, 5.74) is 1.23. The minimum Gasteiger partial charge on any atom is -0.447 e. The van der Waals surface area contributed by atoms with Crippen molar-refractivity contribution in [2.24, 2.45) is 0 Å². The lowest BCUT2D eigenvalue weighted by Crippen LogP contribution is -2.18. The van der Waals surface area contributed by atoms with Gasteiger partial charge in [0.25, 0.3) is 10.0 Å². The van der Waals surface area contributed by atoms with Gasteiger partial charge in [-0.2, -0.15) is 0 Å². The minimum atomic E-state index is -3.48. The van der Waals surface area contributed by atoms with E-state index >= 15 is 0 Å². The summed E-state index contributed by atoms with van der Waals surface area (Å²) in [6.07, 6.45) is 2.05. The second-order valence-electron chi connectivity index (χ2n) is 3.84. The lowest BCUT2D eigenvalue weighted by molar-refractivity contribution is 0.403. The standard InChI is InChI=1S/C11H18N2O3S/c1-9(2)6-7-13-8-10-4-5-11(16-10)17(14,15)12-3/h4-6,12-13H,7-8H2,1-3H3. The molecule has 0 aliphatic heterocycles. The van der Waals surface area contributed by atoms with E-state index in [4.69, 9.17) is 4.42 Å². The quantitative estimate of drug-likeness (QED) is 0.595. The molecule has 0 saturated heterocycles. The van der Waals surface area contributed by atoms with Gasteiger partial charge in [0.1, 0.15) is 5.76 Å². The summed E-state index contributed by atoms with van der Waals surface area (Å²) in [5.74, 6) is 0.598. The first-order valence-corrected chi connectivity index (χ1v) is 6.80. The fourth-order valence-electron chi connectivity index (χ4n) is 1.17. The zero-order valence-electron chi connectivity index (χ0n) is 10.3. The van der Waals surface area contributed by atoms with Crippen LogP contribution in [-0.2, 0) is 16.6 Å².